The molecule has 0 unspecified atom stereocenters. The topological polar surface area (TPSA) is 96.2 Å². The summed E-state index contributed by atoms with van der Waals surface area (Å²) in [6.07, 6.45) is 0. The minimum atomic E-state index is -1.39. The summed E-state index contributed by atoms with van der Waals surface area (Å²) >= 11 is 0. The van der Waals surface area contributed by atoms with Gasteiger partial charge < -0.3 is 15.8 Å². The number of nitrogens with two attached hydrogens (primary N) is 1. The van der Waals surface area contributed by atoms with Gasteiger partial charge in [0, 0.05) is 5.56 Å². The number of aromatic amines is 1. The van der Waals surface area contributed by atoms with Crippen molar-refractivity contribution in [3.05, 3.63) is 52.1 Å². The molecule has 2 aromatic rings. The first kappa shape index (κ1) is 11.8. The van der Waals surface area contributed by atoms with Crippen LogP contribution < -0.4 is 11.3 Å². The second kappa shape index (κ2) is 4.33. The number of hydrogen-bond donors (Lipinski definition) is 3. The van der Waals surface area contributed by atoms with Gasteiger partial charge in [-0.25, -0.2) is 9.18 Å². The van der Waals surface area contributed by atoms with Gasteiger partial charge in [0.2, 0.25) is 0 Å². The number of hydrogen-bond acceptors (Lipinski definition) is 3. The lowest BCUT2D eigenvalue weighted by atomic mass is 10.0. The normalized spacial score (nSPS) is 10.3. The quantitative estimate of drug-likeness (QED) is 0.749. The predicted octanol–water partition coefficient (Wildman–Crippen LogP) is 1.46. The summed E-state index contributed by atoms with van der Waals surface area (Å²) in [4.78, 5) is 24.8. The summed E-state index contributed by atoms with van der Waals surface area (Å²) in [7, 11) is 0. The average Bonchev–Trinajstić information content (AvgIpc) is 2.27. The van der Waals surface area contributed by atoms with Crippen LogP contribution in [-0.4, -0.2) is 16.1 Å². The maximum atomic E-state index is 13.1. The van der Waals surface area contributed by atoms with Crippen LogP contribution in [0.1, 0.15) is 10.4 Å². The highest BCUT2D eigenvalue weighted by atomic mass is 19.1. The number of halogens is 1. The van der Waals surface area contributed by atoms with E-state index in [0.717, 1.165) is 6.07 Å². The van der Waals surface area contributed by atoms with E-state index in [2.05, 4.69) is 4.98 Å². The van der Waals surface area contributed by atoms with Crippen LogP contribution in [0.3, 0.4) is 0 Å². The lowest BCUT2D eigenvalue weighted by molar-refractivity contribution is 0.0696. The summed E-state index contributed by atoms with van der Waals surface area (Å²) in [5.74, 6) is -1.90. The van der Waals surface area contributed by atoms with Crippen molar-refractivity contribution < 1.29 is 14.3 Å². The van der Waals surface area contributed by atoms with Gasteiger partial charge in [0.1, 0.15) is 17.2 Å². The van der Waals surface area contributed by atoms with Gasteiger partial charge >= 0.3 is 5.97 Å². The number of carboxylic acid groups (broad SMARTS) is 1. The van der Waals surface area contributed by atoms with Gasteiger partial charge in [-0.15, -0.1) is 0 Å². The Morgan fingerprint density at radius 2 is 2.06 bits per heavy atom. The monoisotopic (exact) mass is 248 g/mol. The first-order valence-corrected chi connectivity index (χ1v) is 5.01. The van der Waals surface area contributed by atoms with Crippen LogP contribution in [-0.2, 0) is 0 Å². The molecule has 0 aliphatic rings. The standard InChI is InChI=1S/C12H9FN2O3/c13-7-3-1-2-6(4-7)8-5-9(14)15-11(16)10(8)12(17)18/h1-5H,(H,17,18)(H3,14,15,16). The van der Waals surface area contributed by atoms with Crippen LogP contribution in [0.4, 0.5) is 10.2 Å². The van der Waals surface area contributed by atoms with Gasteiger partial charge in [-0.1, -0.05) is 12.1 Å². The highest BCUT2D eigenvalue weighted by molar-refractivity contribution is 5.96. The van der Waals surface area contributed by atoms with Crippen molar-refractivity contribution in [2.24, 2.45) is 0 Å². The van der Waals surface area contributed by atoms with Crippen molar-refractivity contribution in [1.29, 1.82) is 0 Å². The van der Waals surface area contributed by atoms with Crippen LogP contribution in [0.2, 0.25) is 0 Å². The molecule has 1 aromatic carbocycles. The van der Waals surface area contributed by atoms with E-state index in [1.807, 2.05) is 0 Å². The number of aromatic nitrogens is 1. The minimum Gasteiger partial charge on any atom is -0.477 e. The summed E-state index contributed by atoms with van der Waals surface area (Å²) < 4.78 is 13.1. The Labute approximate surface area is 101 Å². The highest BCUT2D eigenvalue weighted by Gasteiger charge is 2.17. The SMILES string of the molecule is Nc1cc(-c2cccc(F)c2)c(C(=O)O)c(=O)[nH]1. The summed E-state index contributed by atoms with van der Waals surface area (Å²) in [6, 6.07) is 6.58. The predicted molar refractivity (Wildman–Crippen MR) is 63.8 cm³/mol. The Morgan fingerprint density at radius 3 is 2.67 bits per heavy atom. The maximum Gasteiger partial charge on any atom is 0.341 e. The number of H-pyrrole nitrogens is 1. The first-order chi connectivity index (χ1) is 8.49. The van der Waals surface area contributed by atoms with Crippen molar-refractivity contribution >= 4 is 11.8 Å². The van der Waals surface area contributed by atoms with E-state index in [1.165, 1.54) is 24.3 Å². The lowest BCUT2D eigenvalue weighted by Crippen LogP contribution is -2.20. The summed E-state index contributed by atoms with van der Waals surface area (Å²) in [5, 5.41) is 9.01. The lowest BCUT2D eigenvalue weighted by Gasteiger charge is -2.06. The van der Waals surface area contributed by atoms with Crippen molar-refractivity contribution in [2.45, 2.75) is 0 Å². The third kappa shape index (κ3) is 2.08. The van der Waals surface area contributed by atoms with Crippen molar-refractivity contribution in [3.8, 4) is 11.1 Å². The molecule has 18 heavy (non-hydrogen) atoms. The Bertz CT molecular complexity index is 679. The molecule has 0 fully saturated rings. The largest absolute Gasteiger partial charge is 0.477 e. The van der Waals surface area contributed by atoms with Gasteiger partial charge in [-0.05, 0) is 23.8 Å². The number of rotatable bonds is 2. The van der Waals surface area contributed by atoms with Gasteiger partial charge in [0.15, 0.2) is 0 Å². The molecule has 92 valence electrons. The fraction of sp³-hybridized carbons (Fsp3) is 0. The molecule has 2 rings (SSSR count). The third-order valence-electron chi connectivity index (χ3n) is 2.40. The van der Waals surface area contributed by atoms with Crippen LogP contribution in [0.25, 0.3) is 11.1 Å². The molecule has 1 heterocycles. The molecule has 1 aromatic heterocycles. The molecular weight excluding hydrogens is 239 g/mol. The van der Waals surface area contributed by atoms with E-state index in [-0.39, 0.29) is 16.9 Å². The van der Waals surface area contributed by atoms with Gasteiger partial charge in [-0.2, -0.15) is 0 Å². The third-order valence-corrected chi connectivity index (χ3v) is 2.40. The fourth-order valence-electron chi connectivity index (χ4n) is 1.68. The molecule has 0 spiro atoms. The Hall–Kier alpha value is -2.63. The molecular formula is C12H9FN2O3. The highest BCUT2D eigenvalue weighted by Crippen LogP contribution is 2.23. The number of carbonyl (C=O) groups is 1. The van der Waals surface area contributed by atoms with Crippen LogP contribution in [0.15, 0.2) is 35.1 Å². The number of nitrogen functional groups attached to an aromatic ring is 1. The molecule has 0 amide bonds. The zero-order chi connectivity index (χ0) is 13.3. The van der Waals surface area contributed by atoms with Crippen LogP contribution in [0, 0.1) is 5.82 Å². The molecule has 0 saturated heterocycles. The Kier molecular flexibility index (Phi) is 2.85. The van der Waals surface area contributed by atoms with E-state index in [4.69, 9.17) is 10.8 Å². The molecule has 0 bridgehead atoms. The zero-order valence-electron chi connectivity index (χ0n) is 9.11. The van der Waals surface area contributed by atoms with Gasteiger partial charge in [0.25, 0.3) is 5.56 Å². The fourth-order valence-corrected chi connectivity index (χ4v) is 1.68. The second-order valence-corrected chi connectivity index (χ2v) is 3.66. The molecule has 0 atom stereocenters. The van der Waals surface area contributed by atoms with Crippen LogP contribution >= 0.6 is 0 Å². The van der Waals surface area contributed by atoms with Gasteiger partial charge in [0.05, 0.1) is 0 Å². The van der Waals surface area contributed by atoms with E-state index >= 15 is 0 Å². The molecule has 0 radical (unpaired) electrons. The Morgan fingerprint density at radius 1 is 1.33 bits per heavy atom. The number of carboxylic acids is 1. The summed E-state index contributed by atoms with van der Waals surface area (Å²) in [6.45, 7) is 0. The van der Waals surface area contributed by atoms with Gasteiger partial charge in [-0.3, -0.25) is 4.79 Å². The minimum absolute atomic E-state index is 0.0178. The number of benzene rings is 1. The number of aromatic carboxylic acids is 1. The number of anilines is 1. The van der Waals surface area contributed by atoms with Crippen molar-refractivity contribution in [3.63, 3.8) is 0 Å². The molecule has 4 N–H and O–H groups in total. The van der Waals surface area contributed by atoms with Crippen molar-refractivity contribution in [1.82, 2.24) is 4.98 Å². The summed E-state index contributed by atoms with van der Waals surface area (Å²) in [5.41, 5.74) is 4.55. The van der Waals surface area contributed by atoms with E-state index in [9.17, 15) is 14.0 Å². The van der Waals surface area contributed by atoms with E-state index < -0.39 is 22.9 Å². The molecule has 6 heteroatoms. The van der Waals surface area contributed by atoms with Crippen molar-refractivity contribution in [2.75, 3.05) is 5.73 Å². The molecule has 0 aliphatic carbocycles. The number of nitrogens with one attached hydrogen (secondary N) is 1. The smallest absolute Gasteiger partial charge is 0.341 e. The van der Waals surface area contributed by atoms with E-state index in [0.29, 0.717) is 0 Å². The molecule has 5 nitrogen and oxygen atoms in total. The second-order valence-electron chi connectivity index (χ2n) is 3.66. The molecule has 0 aliphatic heterocycles. The van der Waals surface area contributed by atoms with Crippen LogP contribution in [0.5, 0.6) is 0 Å². The zero-order valence-corrected chi connectivity index (χ0v) is 9.11. The molecule has 0 saturated carbocycles. The maximum absolute atomic E-state index is 13.1. The first-order valence-electron chi connectivity index (χ1n) is 5.01. The van der Waals surface area contributed by atoms with E-state index in [1.54, 1.807) is 0 Å². The number of pyridine rings is 1. The Balaban J connectivity index is 2.78. The average molecular weight is 248 g/mol.